The maximum absolute atomic E-state index is 12.1. The van der Waals surface area contributed by atoms with Crippen LogP contribution >= 0.6 is 12.4 Å². The number of carbonyl (C=O) groups is 1. The fraction of sp³-hybridized carbons (Fsp3) is 0.929. The lowest BCUT2D eigenvalue weighted by molar-refractivity contribution is -0.126. The van der Waals surface area contributed by atoms with Gasteiger partial charge in [-0.1, -0.05) is 20.3 Å². The van der Waals surface area contributed by atoms with Crippen molar-refractivity contribution >= 4 is 18.3 Å². The fourth-order valence-corrected chi connectivity index (χ4v) is 2.99. The van der Waals surface area contributed by atoms with Gasteiger partial charge in [-0.25, -0.2) is 0 Å². The van der Waals surface area contributed by atoms with E-state index < -0.39 is 0 Å². The molecule has 1 unspecified atom stereocenters. The largest absolute Gasteiger partial charge is 0.393 e. The van der Waals surface area contributed by atoms with E-state index in [0.29, 0.717) is 25.4 Å². The van der Waals surface area contributed by atoms with Gasteiger partial charge in [0.25, 0.3) is 0 Å². The van der Waals surface area contributed by atoms with Gasteiger partial charge in [0.15, 0.2) is 0 Å². The summed E-state index contributed by atoms with van der Waals surface area (Å²) in [5, 5.41) is 12.4. The van der Waals surface area contributed by atoms with E-state index in [1.165, 1.54) is 0 Å². The van der Waals surface area contributed by atoms with Gasteiger partial charge in [0.2, 0.25) is 5.91 Å². The van der Waals surface area contributed by atoms with Crippen molar-refractivity contribution in [3.63, 3.8) is 0 Å². The molecule has 0 heterocycles. The van der Waals surface area contributed by atoms with Crippen LogP contribution in [-0.2, 0) is 4.79 Å². The molecule has 4 nitrogen and oxygen atoms in total. The highest BCUT2D eigenvalue weighted by Gasteiger charge is 2.32. The molecule has 1 saturated carbocycles. The maximum Gasteiger partial charge on any atom is 0.223 e. The first-order chi connectivity index (χ1) is 8.35. The van der Waals surface area contributed by atoms with Crippen LogP contribution in [0.25, 0.3) is 0 Å². The van der Waals surface area contributed by atoms with Gasteiger partial charge in [0.05, 0.1) is 6.10 Å². The number of carbonyl (C=O) groups excluding carboxylic acids is 1. The van der Waals surface area contributed by atoms with Gasteiger partial charge in [0, 0.05) is 12.5 Å². The summed E-state index contributed by atoms with van der Waals surface area (Å²) >= 11 is 0. The lowest BCUT2D eigenvalue weighted by Crippen LogP contribution is -2.40. The first-order valence-corrected chi connectivity index (χ1v) is 7.01. The van der Waals surface area contributed by atoms with Gasteiger partial charge in [-0.05, 0) is 44.1 Å². The minimum absolute atomic E-state index is 0. The van der Waals surface area contributed by atoms with Crippen LogP contribution in [0.3, 0.4) is 0 Å². The van der Waals surface area contributed by atoms with Gasteiger partial charge >= 0.3 is 0 Å². The van der Waals surface area contributed by atoms with Crippen LogP contribution in [0.15, 0.2) is 0 Å². The summed E-state index contributed by atoms with van der Waals surface area (Å²) in [7, 11) is 0. The molecule has 0 aromatic carbocycles. The van der Waals surface area contributed by atoms with Crippen molar-refractivity contribution in [2.45, 2.75) is 52.6 Å². The minimum Gasteiger partial charge on any atom is -0.393 e. The molecular weight excluding hydrogens is 264 g/mol. The Bertz CT molecular complexity index is 283. The van der Waals surface area contributed by atoms with Crippen molar-refractivity contribution in [1.29, 1.82) is 0 Å². The Labute approximate surface area is 122 Å². The maximum atomic E-state index is 12.1. The fourth-order valence-electron chi connectivity index (χ4n) is 2.99. The van der Waals surface area contributed by atoms with Gasteiger partial charge in [-0.15, -0.1) is 12.4 Å². The zero-order valence-corrected chi connectivity index (χ0v) is 13.1. The Hall–Kier alpha value is -0.320. The Kier molecular flexibility index (Phi) is 7.94. The summed E-state index contributed by atoms with van der Waals surface area (Å²) in [5.41, 5.74) is 5.63. The molecule has 1 aliphatic rings. The molecule has 1 amide bonds. The zero-order valence-electron chi connectivity index (χ0n) is 12.3. The number of hydrogen-bond acceptors (Lipinski definition) is 3. The lowest BCUT2D eigenvalue weighted by atomic mass is 9.86. The summed E-state index contributed by atoms with van der Waals surface area (Å²) in [4.78, 5) is 12.1. The van der Waals surface area contributed by atoms with Crippen LogP contribution < -0.4 is 11.1 Å². The SMILES string of the molecule is CC(O)CC(C)(C)CNC(=O)[C@@H]1CCC[C@@H]1CN.Cl. The van der Waals surface area contributed by atoms with Gasteiger partial charge in [0.1, 0.15) is 0 Å². The van der Waals surface area contributed by atoms with Crippen molar-refractivity contribution in [1.82, 2.24) is 5.32 Å². The lowest BCUT2D eigenvalue weighted by Gasteiger charge is -2.27. The number of amides is 1. The highest BCUT2D eigenvalue weighted by Crippen LogP contribution is 2.31. The first kappa shape index (κ1) is 18.7. The Morgan fingerprint density at radius 1 is 1.47 bits per heavy atom. The van der Waals surface area contributed by atoms with E-state index in [-0.39, 0.29) is 35.8 Å². The number of rotatable bonds is 6. The predicted octanol–water partition coefficient (Wildman–Crippen LogP) is 1.70. The molecule has 0 saturated heterocycles. The Morgan fingerprint density at radius 2 is 2.11 bits per heavy atom. The third-order valence-corrected chi connectivity index (χ3v) is 3.89. The summed E-state index contributed by atoms with van der Waals surface area (Å²) in [6.45, 7) is 7.13. The van der Waals surface area contributed by atoms with E-state index >= 15 is 0 Å². The monoisotopic (exact) mass is 292 g/mol. The normalized spacial score (nSPS) is 24.7. The number of hydrogen-bond donors (Lipinski definition) is 3. The van der Waals surface area contributed by atoms with Crippen LogP contribution in [0.1, 0.15) is 46.5 Å². The molecule has 19 heavy (non-hydrogen) atoms. The molecule has 3 atom stereocenters. The van der Waals surface area contributed by atoms with Crippen LogP contribution in [-0.4, -0.2) is 30.2 Å². The number of halogens is 1. The van der Waals surface area contributed by atoms with Crippen molar-refractivity contribution in [3.8, 4) is 0 Å². The van der Waals surface area contributed by atoms with Crippen LogP contribution in [0.5, 0.6) is 0 Å². The molecule has 0 aliphatic heterocycles. The van der Waals surface area contributed by atoms with Crippen LogP contribution in [0.2, 0.25) is 0 Å². The average molecular weight is 293 g/mol. The first-order valence-electron chi connectivity index (χ1n) is 7.01. The van der Waals surface area contributed by atoms with E-state index in [1.54, 1.807) is 6.92 Å². The van der Waals surface area contributed by atoms with E-state index in [4.69, 9.17) is 5.73 Å². The molecular formula is C14H29ClN2O2. The van der Waals surface area contributed by atoms with E-state index in [2.05, 4.69) is 19.2 Å². The quantitative estimate of drug-likeness (QED) is 0.697. The molecule has 0 bridgehead atoms. The smallest absolute Gasteiger partial charge is 0.223 e. The van der Waals surface area contributed by atoms with E-state index in [9.17, 15) is 9.90 Å². The molecule has 0 aromatic rings. The summed E-state index contributed by atoms with van der Waals surface area (Å²) in [5.74, 6) is 0.587. The second-order valence-electron chi connectivity index (χ2n) is 6.47. The molecule has 5 heteroatoms. The third kappa shape index (κ3) is 6.11. The molecule has 4 N–H and O–H groups in total. The zero-order chi connectivity index (χ0) is 13.8. The van der Waals surface area contributed by atoms with Crippen molar-refractivity contribution in [2.75, 3.05) is 13.1 Å². The molecule has 0 aromatic heterocycles. The minimum atomic E-state index is -0.333. The number of aliphatic hydroxyl groups is 1. The van der Waals surface area contributed by atoms with Gasteiger partial charge < -0.3 is 16.2 Å². The number of aliphatic hydroxyl groups excluding tert-OH is 1. The van der Waals surface area contributed by atoms with Crippen LogP contribution in [0.4, 0.5) is 0 Å². The predicted molar refractivity (Wildman–Crippen MR) is 80.2 cm³/mol. The van der Waals surface area contributed by atoms with E-state index in [0.717, 1.165) is 19.3 Å². The summed E-state index contributed by atoms with van der Waals surface area (Å²) in [6.07, 6.45) is 3.51. The highest BCUT2D eigenvalue weighted by molar-refractivity contribution is 5.85. The van der Waals surface area contributed by atoms with Crippen molar-refractivity contribution < 1.29 is 9.90 Å². The second-order valence-corrected chi connectivity index (χ2v) is 6.47. The summed E-state index contributed by atoms with van der Waals surface area (Å²) < 4.78 is 0. The van der Waals surface area contributed by atoms with Crippen molar-refractivity contribution in [2.24, 2.45) is 23.0 Å². The number of nitrogens with two attached hydrogens (primary N) is 1. The molecule has 114 valence electrons. The Morgan fingerprint density at radius 3 is 2.63 bits per heavy atom. The van der Waals surface area contributed by atoms with Gasteiger partial charge in [-0.2, -0.15) is 0 Å². The second kappa shape index (κ2) is 8.08. The molecule has 0 spiro atoms. The van der Waals surface area contributed by atoms with Crippen molar-refractivity contribution in [3.05, 3.63) is 0 Å². The van der Waals surface area contributed by atoms with E-state index in [1.807, 2.05) is 0 Å². The van der Waals surface area contributed by atoms with Crippen LogP contribution in [0, 0.1) is 17.3 Å². The Balaban J connectivity index is 0.00000324. The third-order valence-electron chi connectivity index (χ3n) is 3.89. The molecule has 1 rings (SSSR count). The topological polar surface area (TPSA) is 75.3 Å². The highest BCUT2D eigenvalue weighted by atomic mass is 35.5. The standard InChI is InChI=1S/C14H28N2O2.ClH/c1-10(17)7-14(2,3)9-16-13(18)12-6-4-5-11(12)8-15;/h10-12,17H,4-9,15H2,1-3H3,(H,16,18);1H/t10?,11-,12-;/m1./s1. The van der Waals surface area contributed by atoms with Gasteiger partial charge in [-0.3, -0.25) is 4.79 Å². The summed E-state index contributed by atoms with van der Waals surface area (Å²) in [6, 6.07) is 0. The molecule has 0 radical (unpaired) electrons. The number of nitrogens with one attached hydrogen (secondary N) is 1. The molecule has 1 aliphatic carbocycles. The average Bonchev–Trinajstić information content (AvgIpc) is 2.72. The molecule has 1 fully saturated rings.